The predicted molar refractivity (Wildman–Crippen MR) is 127 cm³/mol. The molecule has 0 bridgehead atoms. The second-order valence-electron chi connectivity index (χ2n) is 7.25. The van der Waals surface area contributed by atoms with E-state index in [0.717, 1.165) is 35.7 Å². The third-order valence-electron chi connectivity index (χ3n) is 4.17. The normalized spacial score (nSPS) is 14.5. The monoisotopic (exact) mass is 398 g/mol. The van der Waals surface area contributed by atoms with Crippen LogP contribution in [0.3, 0.4) is 0 Å². The highest BCUT2D eigenvalue weighted by atomic mass is 35.5. The van der Waals surface area contributed by atoms with Crippen LogP contribution in [0.1, 0.15) is 51.3 Å². The second-order valence-corrected chi connectivity index (χ2v) is 7.65. The van der Waals surface area contributed by atoms with E-state index in [1.54, 1.807) is 0 Å². The van der Waals surface area contributed by atoms with Crippen LogP contribution in [0.2, 0.25) is 5.02 Å². The molecular formula is C25H35ClN2. The summed E-state index contributed by atoms with van der Waals surface area (Å²) in [7, 11) is 0. The molecule has 1 rings (SSSR count). The topological polar surface area (TPSA) is 24.4 Å². The van der Waals surface area contributed by atoms with E-state index in [0.29, 0.717) is 5.92 Å². The van der Waals surface area contributed by atoms with E-state index in [9.17, 15) is 0 Å². The zero-order valence-corrected chi connectivity index (χ0v) is 18.7. The van der Waals surface area contributed by atoms with E-state index in [1.165, 1.54) is 5.57 Å². The van der Waals surface area contributed by atoms with Gasteiger partial charge in [-0.25, -0.2) is 0 Å². The van der Waals surface area contributed by atoms with Crippen LogP contribution in [-0.4, -0.2) is 19.3 Å². The fourth-order valence-corrected chi connectivity index (χ4v) is 3.03. The SMILES string of the molecule is C/C=C(\C=C/C/C=C/C=NC(CNCC(C)C)c1ccc(C)cc1Cl)/C=C/C. The minimum Gasteiger partial charge on any atom is -0.314 e. The summed E-state index contributed by atoms with van der Waals surface area (Å²) in [6.07, 6.45) is 17.4. The summed E-state index contributed by atoms with van der Waals surface area (Å²) in [5.41, 5.74) is 3.45. The molecule has 152 valence electrons. The van der Waals surface area contributed by atoms with Crippen LogP contribution in [0.4, 0.5) is 0 Å². The van der Waals surface area contributed by atoms with Crippen LogP contribution in [-0.2, 0) is 0 Å². The molecule has 0 aliphatic heterocycles. The lowest BCUT2D eigenvalue weighted by molar-refractivity contribution is 0.523. The summed E-state index contributed by atoms with van der Waals surface area (Å²) >= 11 is 6.48. The number of nitrogens with zero attached hydrogens (tertiary/aromatic N) is 1. The minimum atomic E-state index is 0.0105. The Morgan fingerprint density at radius 1 is 1.14 bits per heavy atom. The van der Waals surface area contributed by atoms with Crippen molar-refractivity contribution in [2.75, 3.05) is 13.1 Å². The average Bonchev–Trinajstić information content (AvgIpc) is 2.65. The molecule has 0 aromatic heterocycles. The van der Waals surface area contributed by atoms with Crippen LogP contribution in [0, 0.1) is 12.8 Å². The minimum absolute atomic E-state index is 0.0105. The van der Waals surface area contributed by atoms with E-state index in [-0.39, 0.29) is 6.04 Å². The van der Waals surface area contributed by atoms with Gasteiger partial charge in [0.1, 0.15) is 0 Å². The summed E-state index contributed by atoms with van der Waals surface area (Å²) in [5, 5.41) is 4.28. The first-order valence-electron chi connectivity index (χ1n) is 10.1. The van der Waals surface area contributed by atoms with E-state index in [1.807, 2.05) is 38.3 Å². The maximum absolute atomic E-state index is 6.48. The lowest BCUT2D eigenvalue weighted by atomic mass is 10.0. The zero-order chi connectivity index (χ0) is 20.8. The first-order chi connectivity index (χ1) is 13.5. The molecule has 0 spiro atoms. The van der Waals surface area contributed by atoms with Crippen molar-refractivity contribution in [2.24, 2.45) is 10.9 Å². The molecule has 0 saturated carbocycles. The Labute approximate surface area is 176 Å². The zero-order valence-electron chi connectivity index (χ0n) is 18.0. The molecule has 1 unspecified atom stereocenters. The number of hydrogen-bond donors (Lipinski definition) is 1. The lowest BCUT2D eigenvalue weighted by Crippen LogP contribution is -2.25. The van der Waals surface area contributed by atoms with Gasteiger partial charge in [-0.3, -0.25) is 4.99 Å². The molecule has 1 aromatic carbocycles. The molecule has 2 nitrogen and oxygen atoms in total. The Bertz CT molecular complexity index is 724. The van der Waals surface area contributed by atoms with Crippen molar-refractivity contribution < 1.29 is 0 Å². The molecular weight excluding hydrogens is 364 g/mol. The summed E-state index contributed by atoms with van der Waals surface area (Å²) < 4.78 is 0. The van der Waals surface area contributed by atoms with Crippen LogP contribution < -0.4 is 5.32 Å². The molecule has 0 saturated heterocycles. The van der Waals surface area contributed by atoms with Gasteiger partial charge >= 0.3 is 0 Å². The smallest absolute Gasteiger partial charge is 0.0887 e. The van der Waals surface area contributed by atoms with E-state index in [4.69, 9.17) is 16.6 Å². The van der Waals surface area contributed by atoms with Crippen LogP contribution >= 0.6 is 11.6 Å². The average molecular weight is 399 g/mol. The van der Waals surface area contributed by atoms with Gasteiger partial charge in [-0.05, 0) is 68.5 Å². The summed E-state index contributed by atoms with van der Waals surface area (Å²) in [6.45, 7) is 12.3. The number of benzene rings is 1. The largest absolute Gasteiger partial charge is 0.314 e. The van der Waals surface area contributed by atoms with Crippen molar-refractivity contribution in [3.63, 3.8) is 0 Å². The first-order valence-corrected chi connectivity index (χ1v) is 10.5. The van der Waals surface area contributed by atoms with Crippen molar-refractivity contribution in [1.29, 1.82) is 0 Å². The summed E-state index contributed by atoms with van der Waals surface area (Å²) in [6, 6.07) is 6.20. The van der Waals surface area contributed by atoms with Crippen molar-refractivity contribution in [3.8, 4) is 0 Å². The molecule has 0 radical (unpaired) electrons. The Hall–Kier alpha value is -1.90. The van der Waals surface area contributed by atoms with E-state index in [2.05, 4.69) is 68.6 Å². The molecule has 0 fully saturated rings. The van der Waals surface area contributed by atoms with Crippen molar-refractivity contribution in [1.82, 2.24) is 5.32 Å². The molecule has 1 aromatic rings. The molecule has 0 heterocycles. The maximum Gasteiger partial charge on any atom is 0.0887 e. The second kappa shape index (κ2) is 14.1. The van der Waals surface area contributed by atoms with Gasteiger partial charge in [0.25, 0.3) is 0 Å². The number of allylic oxidation sites excluding steroid dienone is 8. The molecule has 3 heteroatoms. The van der Waals surface area contributed by atoms with Gasteiger partial charge in [0.05, 0.1) is 6.04 Å². The highest BCUT2D eigenvalue weighted by Crippen LogP contribution is 2.26. The number of nitrogens with one attached hydrogen (secondary N) is 1. The van der Waals surface area contributed by atoms with E-state index < -0.39 is 0 Å². The number of halogens is 1. The van der Waals surface area contributed by atoms with Gasteiger partial charge in [0, 0.05) is 17.8 Å². The Morgan fingerprint density at radius 3 is 2.57 bits per heavy atom. The van der Waals surface area contributed by atoms with Crippen molar-refractivity contribution >= 4 is 17.8 Å². The lowest BCUT2D eigenvalue weighted by Gasteiger charge is -2.16. The van der Waals surface area contributed by atoms with Gasteiger partial charge in [0.15, 0.2) is 0 Å². The fraction of sp³-hybridized carbons (Fsp3) is 0.400. The number of hydrogen-bond acceptors (Lipinski definition) is 2. The summed E-state index contributed by atoms with van der Waals surface area (Å²) in [4.78, 5) is 4.75. The highest BCUT2D eigenvalue weighted by molar-refractivity contribution is 6.31. The van der Waals surface area contributed by atoms with Gasteiger partial charge in [0.2, 0.25) is 0 Å². The third kappa shape index (κ3) is 9.87. The number of aliphatic imine (C=N–C) groups is 1. The molecule has 0 amide bonds. The third-order valence-corrected chi connectivity index (χ3v) is 4.50. The highest BCUT2D eigenvalue weighted by Gasteiger charge is 2.13. The fourth-order valence-electron chi connectivity index (χ4n) is 2.67. The number of aryl methyl sites for hydroxylation is 1. The molecule has 1 atom stereocenters. The first kappa shape index (κ1) is 24.1. The predicted octanol–water partition coefficient (Wildman–Crippen LogP) is 7.03. The van der Waals surface area contributed by atoms with Crippen LogP contribution in [0.25, 0.3) is 0 Å². The van der Waals surface area contributed by atoms with Gasteiger partial charge < -0.3 is 5.32 Å². The number of rotatable bonds is 11. The Balaban J connectivity index is 2.73. The maximum atomic E-state index is 6.48. The molecule has 0 aliphatic rings. The van der Waals surface area contributed by atoms with Gasteiger partial charge in [-0.15, -0.1) is 0 Å². The Morgan fingerprint density at radius 2 is 1.93 bits per heavy atom. The quantitative estimate of drug-likeness (QED) is 0.314. The Kier molecular flexibility index (Phi) is 12.2. The van der Waals surface area contributed by atoms with Gasteiger partial charge in [-0.1, -0.05) is 74.0 Å². The van der Waals surface area contributed by atoms with Crippen molar-refractivity contribution in [3.05, 3.63) is 82.5 Å². The van der Waals surface area contributed by atoms with E-state index >= 15 is 0 Å². The van der Waals surface area contributed by atoms with Crippen molar-refractivity contribution in [2.45, 2.75) is 47.1 Å². The standard InChI is InChI=1S/C25H35ClN2/c1-6-12-22(7-2)13-10-8-9-11-16-28-25(19-27-18-20(3)4)23-15-14-21(5)17-24(23)26/h6-7,9-17,20,25,27H,8,18-19H2,1-5H3/b11-9+,12-6+,13-10-,22-7-,28-16?. The van der Waals surface area contributed by atoms with Gasteiger partial charge in [-0.2, -0.15) is 0 Å². The molecule has 1 N–H and O–H groups in total. The van der Waals surface area contributed by atoms with Crippen LogP contribution in [0.5, 0.6) is 0 Å². The summed E-state index contributed by atoms with van der Waals surface area (Å²) in [5.74, 6) is 0.606. The molecule has 0 aliphatic carbocycles. The van der Waals surface area contributed by atoms with Crippen LogP contribution in [0.15, 0.2) is 71.3 Å². The molecule has 28 heavy (non-hydrogen) atoms.